The summed E-state index contributed by atoms with van der Waals surface area (Å²) in [6.45, 7) is 8.14. The minimum atomic E-state index is -0.356. The van der Waals surface area contributed by atoms with Crippen LogP contribution in [0.3, 0.4) is 0 Å². The van der Waals surface area contributed by atoms with Crippen LogP contribution in [0.15, 0.2) is 60.3 Å². The van der Waals surface area contributed by atoms with Crippen molar-refractivity contribution in [2.24, 2.45) is 0 Å². The van der Waals surface area contributed by atoms with Gasteiger partial charge in [-0.2, -0.15) is 0 Å². The average Bonchev–Trinajstić information content (AvgIpc) is 3.18. The van der Waals surface area contributed by atoms with Crippen molar-refractivity contribution < 1.29 is 14.3 Å². The molecule has 0 bridgehead atoms. The number of hydrogen-bond donors (Lipinski definition) is 1. The van der Waals surface area contributed by atoms with E-state index in [2.05, 4.69) is 22.1 Å². The second kappa shape index (κ2) is 11.1. The molecule has 3 rings (SSSR count). The number of ether oxygens (including phenoxy) is 2. The van der Waals surface area contributed by atoms with Gasteiger partial charge in [0.15, 0.2) is 17.1 Å². The van der Waals surface area contributed by atoms with Crippen LogP contribution >= 0.6 is 23.4 Å². The Bertz CT molecular complexity index is 1090. The highest BCUT2D eigenvalue weighted by Gasteiger charge is 2.20. The number of halogens is 1. The van der Waals surface area contributed by atoms with E-state index in [1.165, 1.54) is 11.8 Å². The number of amides is 1. The van der Waals surface area contributed by atoms with E-state index in [-0.39, 0.29) is 17.8 Å². The zero-order valence-corrected chi connectivity index (χ0v) is 19.7. The Kier molecular flexibility index (Phi) is 8.19. The molecule has 0 aliphatic carbocycles. The molecule has 0 saturated carbocycles. The van der Waals surface area contributed by atoms with Crippen molar-refractivity contribution in [3.8, 4) is 11.5 Å². The minimum Gasteiger partial charge on any atom is -0.497 e. The van der Waals surface area contributed by atoms with Crippen molar-refractivity contribution >= 4 is 35.0 Å². The maximum atomic E-state index is 12.4. The number of benzene rings is 2. The molecule has 1 heterocycles. The van der Waals surface area contributed by atoms with Crippen molar-refractivity contribution in [1.82, 2.24) is 14.8 Å². The molecule has 1 aromatic heterocycles. The van der Waals surface area contributed by atoms with Crippen LogP contribution in [-0.2, 0) is 11.3 Å². The summed E-state index contributed by atoms with van der Waals surface area (Å²) < 4.78 is 13.1. The first kappa shape index (κ1) is 23.7. The van der Waals surface area contributed by atoms with Gasteiger partial charge in [-0.25, -0.2) is 0 Å². The zero-order chi connectivity index (χ0) is 23.1. The van der Waals surface area contributed by atoms with Crippen LogP contribution in [0.25, 0.3) is 0 Å². The topological polar surface area (TPSA) is 78.3 Å². The van der Waals surface area contributed by atoms with Gasteiger partial charge in [0.2, 0.25) is 5.91 Å². The Labute approximate surface area is 196 Å². The third kappa shape index (κ3) is 6.05. The Morgan fingerprint density at radius 2 is 1.97 bits per heavy atom. The quantitative estimate of drug-likeness (QED) is 0.318. The monoisotopic (exact) mass is 472 g/mol. The lowest BCUT2D eigenvalue weighted by molar-refractivity contribution is -0.113. The van der Waals surface area contributed by atoms with E-state index in [0.29, 0.717) is 34.0 Å². The minimum absolute atomic E-state index is 0.143. The highest BCUT2D eigenvalue weighted by molar-refractivity contribution is 7.99. The number of carbonyl (C=O) groups excluding carboxylic acids is 1. The molecular formula is C23H25ClN4O3S. The Morgan fingerprint density at radius 1 is 1.25 bits per heavy atom. The summed E-state index contributed by atoms with van der Waals surface area (Å²) in [5, 5.41) is 12.7. The number of nitrogens with one attached hydrogen (secondary N) is 1. The van der Waals surface area contributed by atoms with Crippen LogP contribution in [0, 0.1) is 6.92 Å². The fraction of sp³-hybridized carbons (Fsp3) is 0.261. The fourth-order valence-corrected chi connectivity index (χ4v) is 3.83. The van der Waals surface area contributed by atoms with Gasteiger partial charge in [-0.3, -0.25) is 9.36 Å². The highest BCUT2D eigenvalue weighted by Crippen LogP contribution is 2.27. The molecule has 9 heteroatoms. The standard InChI is InChI=1S/C23H25ClN4O3S/c1-5-12-28-22(16(3)31-19-10-11-20(24)15(2)13-19)26-27-23(28)32-14-21(29)25-17-6-8-18(30-4)9-7-17/h5-11,13,16H,1,12,14H2,2-4H3,(H,25,29). The normalized spacial score (nSPS) is 11.6. The molecule has 0 spiro atoms. The lowest BCUT2D eigenvalue weighted by Crippen LogP contribution is -2.15. The fourth-order valence-electron chi connectivity index (χ4n) is 2.96. The molecule has 1 unspecified atom stereocenters. The Balaban J connectivity index is 1.65. The first-order chi connectivity index (χ1) is 15.4. The van der Waals surface area contributed by atoms with Crippen LogP contribution in [0.2, 0.25) is 5.02 Å². The van der Waals surface area contributed by atoms with Gasteiger partial charge in [-0.15, -0.1) is 16.8 Å². The number of rotatable bonds is 10. The summed E-state index contributed by atoms with van der Waals surface area (Å²) >= 11 is 7.40. The molecule has 0 saturated heterocycles. The summed E-state index contributed by atoms with van der Waals surface area (Å²) in [6, 6.07) is 12.7. The van der Waals surface area contributed by atoms with E-state index >= 15 is 0 Å². The van der Waals surface area contributed by atoms with Crippen LogP contribution in [0.5, 0.6) is 11.5 Å². The van der Waals surface area contributed by atoms with E-state index in [4.69, 9.17) is 21.1 Å². The predicted molar refractivity (Wildman–Crippen MR) is 128 cm³/mol. The molecule has 1 amide bonds. The summed E-state index contributed by atoms with van der Waals surface area (Å²) in [6.07, 6.45) is 1.40. The molecule has 168 valence electrons. The van der Waals surface area contributed by atoms with Gasteiger partial charge in [-0.1, -0.05) is 29.4 Å². The van der Waals surface area contributed by atoms with Crippen molar-refractivity contribution in [2.75, 3.05) is 18.2 Å². The maximum Gasteiger partial charge on any atom is 0.234 e. The van der Waals surface area contributed by atoms with Gasteiger partial charge < -0.3 is 14.8 Å². The van der Waals surface area contributed by atoms with Crippen LogP contribution in [0.1, 0.15) is 24.4 Å². The van der Waals surface area contributed by atoms with E-state index in [0.717, 1.165) is 11.3 Å². The van der Waals surface area contributed by atoms with Crippen molar-refractivity contribution in [1.29, 1.82) is 0 Å². The molecule has 3 aromatic rings. The number of thioether (sulfide) groups is 1. The number of aryl methyl sites for hydroxylation is 1. The van der Waals surface area contributed by atoms with Gasteiger partial charge in [0.25, 0.3) is 0 Å². The smallest absolute Gasteiger partial charge is 0.234 e. The third-order valence-electron chi connectivity index (χ3n) is 4.57. The molecule has 0 aliphatic heterocycles. The molecule has 2 aromatic carbocycles. The number of methoxy groups -OCH3 is 1. The Hall–Kier alpha value is -2.97. The first-order valence-corrected chi connectivity index (χ1v) is 11.3. The highest BCUT2D eigenvalue weighted by atomic mass is 35.5. The summed E-state index contributed by atoms with van der Waals surface area (Å²) in [7, 11) is 1.60. The van der Waals surface area contributed by atoms with Gasteiger partial charge in [0.05, 0.1) is 12.9 Å². The number of carbonyl (C=O) groups is 1. The number of hydrogen-bond acceptors (Lipinski definition) is 6. The summed E-state index contributed by atoms with van der Waals surface area (Å²) in [5.74, 6) is 2.12. The lowest BCUT2D eigenvalue weighted by atomic mass is 10.2. The van der Waals surface area contributed by atoms with E-state index in [1.54, 1.807) is 43.5 Å². The largest absolute Gasteiger partial charge is 0.497 e. The van der Waals surface area contributed by atoms with Crippen LogP contribution in [-0.4, -0.2) is 33.5 Å². The predicted octanol–water partition coefficient (Wildman–Crippen LogP) is 5.31. The second-order valence-electron chi connectivity index (χ2n) is 6.98. The summed E-state index contributed by atoms with van der Waals surface area (Å²) in [5.41, 5.74) is 1.63. The SMILES string of the molecule is C=CCn1c(SCC(=O)Nc2ccc(OC)cc2)nnc1C(C)Oc1ccc(Cl)c(C)c1. The number of aromatic nitrogens is 3. The molecule has 1 atom stereocenters. The number of nitrogens with zero attached hydrogens (tertiary/aromatic N) is 3. The molecule has 0 aliphatic rings. The molecule has 32 heavy (non-hydrogen) atoms. The lowest BCUT2D eigenvalue weighted by Gasteiger charge is -2.16. The molecule has 0 radical (unpaired) electrons. The van der Waals surface area contributed by atoms with E-state index < -0.39 is 0 Å². The van der Waals surface area contributed by atoms with E-state index in [9.17, 15) is 4.79 Å². The van der Waals surface area contributed by atoms with E-state index in [1.807, 2.05) is 30.5 Å². The molecule has 1 N–H and O–H groups in total. The zero-order valence-electron chi connectivity index (χ0n) is 18.2. The van der Waals surface area contributed by atoms with Gasteiger partial charge in [0, 0.05) is 17.3 Å². The maximum absolute atomic E-state index is 12.4. The van der Waals surface area contributed by atoms with Gasteiger partial charge in [-0.05, 0) is 61.9 Å². The van der Waals surface area contributed by atoms with Crippen molar-refractivity contribution in [3.63, 3.8) is 0 Å². The summed E-state index contributed by atoms with van der Waals surface area (Å²) in [4.78, 5) is 12.4. The van der Waals surface area contributed by atoms with Crippen LogP contribution < -0.4 is 14.8 Å². The number of allylic oxidation sites excluding steroid dienone is 1. The third-order valence-corrected chi connectivity index (χ3v) is 5.96. The van der Waals surface area contributed by atoms with Crippen molar-refractivity contribution in [3.05, 3.63) is 71.5 Å². The van der Waals surface area contributed by atoms with Crippen LogP contribution in [0.4, 0.5) is 5.69 Å². The molecule has 7 nitrogen and oxygen atoms in total. The first-order valence-electron chi connectivity index (χ1n) is 9.94. The molecular weight excluding hydrogens is 448 g/mol. The van der Waals surface area contributed by atoms with Gasteiger partial charge >= 0.3 is 0 Å². The molecule has 0 fully saturated rings. The average molecular weight is 473 g/mol. The van der Waals surface area contributed by atoms with Gasteiger partial charge in [0.1, 0.15) is 11.5 Å². The number of anilines is 1. The second-order valence-corrected chi connectivity index (χ2v) is 8.33. The van der Waals surface area contributed by atoms with Crippen molar-refractivity contribution in [2.45, 2.75) is 31.7 Å². The Morgan fingerprint density at radius 3 is 2.62 bits per heavy atom.